The van der Waals surface area contributed by atoms with Crippen molar-refractivity contribution in [3.63, 3.8) is 0 Å². The Hall–Kier alpha value is -2.57. The van der Waals surface area contributed by atoms with Crippen LogP contribution in [0.15, 0.2) is 54.7 Å². The van der Waals surface area contributed by atoms with Gasteiger partial charge in [0, 0.05) is 31.5 Å². The quantitative estimate of drug-likeness (QED) is 0.679. The molecule has 2 heterocycles. The van der Waals surface area contributed by atoms with Crippen LogP contribution in [0.25, 0.3) is 11.3 Å². The predicted octanol–water partition coefficient (Wildman–Crippen LogP) is 4.69. The summed E-state index contributed by atoms with van der Waals surface area (Å²) in [7, 11) is 0. The number of aromatic nitrogens is 2. The lowest BCUT2D eigenvalue weighted by atomic mass is 9.75. The van der Waals surface area contributed by atoms with Crippen molar-refractivity contribution in [2.24, 2.45) is 11.1 Å². The van der Waals surface area contributed by atoms with Gasteiger partial charge in [-0.15, -0.1) is 0 Å². The molecular weight excluding hydrogens is 372 g/mol. The average Bonchev–Trinajstić information content (AvgIpc) is 3.14. The smallest absolute Gasteiger partial charge is 0.132 e. The second-order valence-electron chi connectivity index (χ2n) is 7.97. The molecule has 1 fully saturated rings. The van der Waals surface area contributed by atoms with E-state index in [0.717, 1.165) is 30.5 Å². The van der Waals surface area contributed by atoms with Crippen LogP contribution < -0.4 is 5.73 Å². The van der Waals surface area contributed by atoms with E-state index in [4.69, 9.17) is 10.5 Å². The summed E-state index contributed by atoms with van der Waals surface area (Å²) in [5.74, 6) is -0.327. The fraction of sp³-hybridized carbons (Fsp3) is 0.348. The molecule has 1 unspecified atom stereocenters. The SMILES string of the molecule is CC1(C(N)c2nc(-c3cc(F)ccc3F)cn2Cc2ccccc2)CCOCC1. The maximum absolute atomic E-state index is 14.4. The summed E-state index contributed by atoms with van der Waals surface area (Å²) < 4.78 is 35.6. The molecule has 4 rings (SSSR count). The van der Waals surface area contributed by atoms with Crippen molar-refractivity contribution in [2.75, 3.05) is 13.2 Å². The van der Waals surface area contributed by atoms with E-state index in [1.807, 2.05) is 34.9 Å². The Labute approximate surface area is 169 Å². The van der Waals surface area contributed by atoms with Crippen LogP contribution in [0.3, 0.4) is 0 Å². The Morgan fingerprint density at radius 2 is 1.86 bits per heavy atom. The van der Waals surface area contributed by atoms with Gasteiger partial charge in [0.25, 0.3) is 0 Å². The largest absolute Gasteiger partial charge is 0.381 e. The van der Waals surface area contributed by atoms with Crippen molar-refractivity contribution < 1.29 is 13.5 Å². The fourth-order valence-corrected chi connectivity index (χ4v) is 3.87. The van der Waals surface area contributed by atoms with Gasteiger partial charge < -0.3 is 15.0 Å². The second-order valence-corrected chi connectivity index (χ2v) is 7.97. The van der Waals surface area contributed by atoms with Gasteiger partial charge in [0.15, 0.2) is 0 Å². The molecule has 1 aliphatic rings. The van der Waals surface area contributed by atoms with E-state index < -0.39 is 11.6 Å². The van der Waals surface area contributed by atoms with Gasteiger partial charge in [-0.2, -0.15) is 0 Å². The second kappa shape index (κ2) is 8.05. The topological polar surface area (TPSA) is 53.1 Å². The van der Waals surface area contributed by atoms with E-state index in [9.17, 15) is 8.78 Å². The highest BCUT2D eigenvalue weighted by molar-refractivity contribution is 5.59. The minimum absolute atomic E-state index is 0.141. The number of nitrogens with two attached hydrogens (primary N) is 1. The third-order valence-corrected chi connectivity index (χ3v) is 5.87. The van der Waals surface area contributed by atoms with E-state index in [2.05, 4.69) is 11.9 Å². The first kappa shape index (κ1) is 19.7. The molecule has 0 saturated carbocycles. The molecule has 1 atom stereocenters. The van der Waals surface area contributed by atoms with Crippen LogP contribution in [0.2, 0.25) is 0 Å². The standard InChI is InChI=1S/C23H25F2N3O/c1-23(9-11-29-12-10-23)21(26)22-27-20(18-13-17(24)7-8-19(18)25)15-28(22)14-16-5-3-2-4-6-16/h2-8,13,15,21H,9-12,14,26H2,1H3. The zero-order chi connectivity index (χ0) is 20.4. The van der Waals surface area contributed by atoms with Crippen molar-refractivity contribution in [3.8, 4) is 11.3 Å². The molecular formula is C23H25F2N3O. The number of hydrogen-bond donors (Lipinski definition) is 1. The molecule has 1 aromatic heterocycles. The first-order valence-electron chi connectivity index (χ1n) is 9.86. The lowest BCUT2D eigenvalue weighted by Crippen LogP contribution is -2.38. The van der Waals surface area contributed by atoms with Gasteiger partial charge in [-0.25, -0.2) is 13.8 Å². The zero-order valence-corrected chi connectivity index (χ0v) is 16.4. The third-order valence-electron chi connectivity index (χ3n) is 5.87. The minimum Gasteiger partial charge on any atom is -0.381 e. The van der Waals surface area contributed by atoms with Crippen LogP contribution >= 0.6 is 0 Å². The molecule has 0 radical (unpaired) electrons. The molecule has 0 bridgehead atoms. The van der Waals surface area contributed by atoms with E-state index in [1.54, 1.807) is 6.20 Å². The van der Waals surface area contributed by atoms with Gasteiger partial charge in [-0.05, 0) is 42.0 Å². The predicted molar refractivity (Wildman–Crippen MR) is 108 cm³/mol. The molecule has 0 amide bonds. The molecule has 29 heavy (non-hydrogen) atoms. The Morgan fingerprint density at radius 1 is 1.14 bits per heavy atom. The summed E-state index contributed by atoms with van der Waals surface area (Å²) in [4.78, 5) is 4.69. The maximum Gasteiger partial charge on any atom is 0.132 e. The Balaban J connectivity index is 1.77. The summed E-state index contributed by atoms with van der Waals surface area (Å²) in [5, 5.41) is 0. The van der Waals surface area contributed by atoms with E-state index in [1.165, 1.54) is 6.07 Å². The molecule has 0 spiro atoms. The van der Waals surface area contributed by atoms with Crippen LogP contribution in [0.5, 0.6) is 0 Å². The van der Waals surface area contributed by atoms with Crippen LogP contribution in [-0.2, 0) is 11.3 Å². The van der Waals surface area contributed by atoms with Gasteiger partial charge in [0.1, 0.15) is 17.5 Å². The third kappa shape index (κ3) is 4.09. The number of nitrogens with zero attached hydrogens (tertiary/aromatic N) is 2. The number of ether oxygens (including phenoxy) is 1. The van der Waals surface area contributed by atoms with Gasteiger partial charge in [0.2, 0.25) is 0 Å². The Kier molecular flexibility index (Phi) is 5.48. The van der Waals surface area contributed by atoms with Gasteiger partial charge in [-0.3, -0.25) is 0 Å². The van der Waals surface area contributed by atoms with Crippen molar-refractivity contribution in [3.05, 3.63) is 77.8 Å². The summed E-state index contributed by atoms with van der Waals surface area (Å²) in [6.45, 7) is 4.02. The van der Waals surface area contributed by atoms with Crippen LogP contribution in [0.1, 0.15) is 37.2 Å². The fourth-order valence-electron chi connectivity index (χ4n) is 3.87. The summed E-state index contributed by atoms with van der Waals surface area (Å²) in [6.07, 6.45) is 3.43. The van der Waals surface area contributed by atoms with Crippen LogP contribution in [0, 0.1) is 17.0 Å². The van der Waals surface area contributed by atoms with Crippen LogP contribution in [-0.4, -0.2) is 22.8 Å². The monoisotopic (exact) mass is 397 g/mol. The van der Waals surface area contributed by atoms with Crippen molar-refractivity contribution >= 4 is 0 Å². The highest BCUT2D eigenvalue weighted by Gasteiger charge is 2.37. The van der Waals surface area contributed by atoms with Gasteiger partial charge in [-0.1, -0.05) is 37.3 Å². The van der Waals surface area contributed by atoms with Crippen molar-refractivity contribution in [1.82, 2.24) is 9.55 Å². The molecule has 2 aromatic carbocycles. The normalized spacial score (nSPS) is 17.2. The molecule has 0 aliphatic carbocycles. The summed E-state index contributed by atoms with van der Waals surface area (Å²) >= 11 is 0. The maximum atomic E-state index is 14.4. The molecule has 4 nitrogen and oxygen atoms in total. The van der Waals surface area contributed by atoms with Gasteiger partial charge >= 0.3 is 0 Å². The number of imidazole rings is 1. The zero-order valence-electron chi connectivity index (χ0n) is 16.4. The lowest BCUT2D eigenvalue weighted by molar-refractivity contribution is 0.00871. The molecule has 152 valence electrons. The van der Waals surface area contributed by atoms with Crippen molar-refractivity contribution in [2.45, 2.75) is 32.4 Å². The van der Waals surface area contributed by atoms with E-state index in [-0.39, 0.29) is 17.0 Å². The molecule has 6 heteroatoms. The molecule has 3 aromatic rings. The number of rotatable bonds is 5. The minimum atomic E-state index is -0.506. The van der Waals surface area contributed by atoms with Crippen molar-refractivity contribution in [1.29, 1.82) is 0 Å². The summed E-state index contributed by atoms with van der Waals surface area (Å²) in [6, 6.07) is 13.0. The van der Waals surface area contributed by atoms with E-state index in [0.29, 0.717) is 31.3 Å². The summed E-state index contributed by atoms with van der Waals surface area (Å²) in [5.41, 5.74) is 8.15. The molecule has 1 aliphatic heterocycles. The average molecular weight is 397 g/mol. The van der Waals surface area contributed by atoms with Gasteiger partial charge in [0.05, 0.1) is 11.7 Å². The molecule has 1 saturated heterocycles. The number of halogens is 2. The molecule has 2 N–H and O–H groups in total. The Morgan fingerprint density at radius 3 is 2.59 bits per heavy atom. The first-order chi connectivity index (χ1) is 14.0. The number of benzene rings is 2. The number of hydrogen-bond acceptors (Lipinski definition) is 3. The Bertz CT molecular complexity index is 981. The first-order valence-corrected chi connectivity index (χ1v) is 9.86. The lowest BCUT2D eigenvalue weighted by Gasteiger charge is -2.38. The highest BCUT2D eigenvalue weighted by Crippen LogP contribution is 2.41. The van der Waals surface area contributed by atoms with E-state index >= 15 is 0 Å². The van der Waals surface area contributed by atoms with Crippen LogP contribution in [0.4, 0.5) is 8.78 Å². The highest BCUT2D eigenvalue weighted by atomic mass is 19.1.